The molecule has 6 heteroatoms. The number of nitrogens with one attached hydrogen (secondary N) is 2. The Morgan fingerprint density at radius 3 is 2.91 bits per heavy atom. The number of hydrogen-bond acceptors (Lipinski definition) is 3. The highest BCUT2D eigenvalue weighted by atomic mass is 32.1. The lowest BCUT2D eigenvalue weighted by atomic mass is 10.2. The molecule has 22 heavy (non-hydrogen) atoms. The number of thiocarbonyl (C=S) groups is 1. The minimum absolute atomic E-state index is 0.0894. The molecule has 1 aliphatic heterocycles. The molecule has 3 rings (SSSR count). The molecule has 0 bridgehead atoms. The molecule has 0 atom stereocenters. The predicted octanol–water partition coefficient (Wildman–Crippen LogP) is 2.85. The topological polar surface area (TPSA) is 53.6 Å². The summed E-state index contributed by atoms with van der Waals surface area (Å²) >= 11 is 5.46. The molecule has 0 fully saturated rings. The fraction of sp³-hybridized carbons (Fsp3) is 0.125. The highest BCUT2D eigenvalue weighted by Gasteiger charge is 2.24. The zero-order valence-corrected chi connectivity index (χ0v) is 12.8. The molecular formula is C16H15N3O2S. The first-order valence-electron chi connectivity index (χ1n) is 6.79. The summed E-state index contributed by atoms with van der Waals surface area (Å²) in [6.45, 7) is 0.187. The number of benzene rings is 2. The Labute approximate surface area is 133 Å². The fourth-order valence-corrected chi connectivity index (χ4v) is 2.59. The third kappa shape index (κ3) is 2.87. The van der Waals surface area contributed by atoms with Crippen LogP contribution in [0.3, 0.4) is 0 Å². The van der Waals surface area contributed by atoms with Crippen LogP contribution in [0.4, 0.5) is 17.1 Å². The van der Waals surface area contributed by atoms with E-state index in [-0.39, 0.29) is 12.5 Å². The summed E-state index contributed by atoms with van der Waals surface area (Å²) in [5.41, 5.74) is 2.45. The SMILES string of the molecule is COc1cccc(NC(=S)N2CC(=O)Nc3ccccc32)c1. The van der Waals surface area contributed by atoms with Gasteiger partial charge in [-0.05, 0) is 36.5 Å². The quantitative estimate of drug-likeness (QED) is 0.835. The molecule has 0 saturated carbocycles. The third-order valence-electron chi connectivity index (χ3n) is 3.34. The van der Waals surface area contributed by atoms with Gasteiger partial charge in [-0.2, -0.15) is 0 Å². The van der Waals surface area contributed by atoms with Gasteiger partial charge in [0.1, 0.15) is 12.3 Å². The van der Waals surface area contributed by atoms with Crippen LogP contribution >= 0.6 is 12.2 Å². The Balaban J connectivity index is 1.84. The van der Waals surface area contributed by atoms with Crippen LogP contribution in [0, 0.1) is 0 Å². The van der Waals surface area contributed by atoms with Crippen molar-refractivity contribution in [1.29, 1.82) is 0 Å². The molecule has 0 aromatic heterocycles. The highest BCUT2D eigenvalue weighted by molar-refractivity contribution is 7.80. The first-order valence-corrected chi connectivity index (χ1v) is 7.19. The van der Waals surface area contributed by atoms with Gasteiger partial charge in [0.25, 0.3) is 0 Å². The van der Waals surface area contributed by atoms with Gasteiger partial charge in [0.15, 0.2) is 5.11 Å². The molecule has 2 aromatic rings. The van der Waals surface area contributed by atoms with Crippen LogP contribution in [0.2, 0.25) is 0 Å². The molecule has 2 N–H and O–H groups in total. The van der Waals surface area contributed by atoms with Gasteiger partial charge in [-0.3, -0.25) is 4.79 Å². The summed E-state index contributed by atoms with van der Waals surface area (Å²) in [6.07, 6.45) is 0. The molecule has 1 heterocycles. The second kappa shape index (κ2) is 6.03. The van der Waals surface area contributed by atoms with Crippen molar-refractivity contribution >= 4 is 40.3 Å². The monoisotopic (exact) mass is 313 g/mol. The molecule has 1 amide bonds. The molecule has 2 aromatic carbocycles. The number of nitrogens with zero attached hydrogens (tertiary/aromatic N) is 1. The number of anilines is 3. The summed E-state index contributed by atoms with van der Waals surface area (Å²) < 4.78 is 5.19. The van der Waals surface area contributed by atoms with Crippen LogP contribution in [0.25, 0.3) is 0 Å². The van der Waals surface area contributed by atoms with E-state index in [9.17, 15) is 4.79 Å². The number of para-hydroxylation sites is 2. The Morgan fingerprint density at radius 1 is 1.27 bits per heavy atom. The first-order chi connectivity index (χ1) is 10.7. The molecular weight excluding hydrogens is 298 g/mol. The third-order valence-corrected chi connectivity index (χ3v) is 3.66. The van der Waals surface area contributed by atoms with Gasteiger partial charge in [-0.15, -0.1) is 0 Å². The highest BCUT2D eigenvalue weighted by Crippen LogP contribution is 2.29. The number of amides is 1. The van der Waals surface area contributed by atoms with Crippen LogP contribution in [0.1, 0.15) is 0 Å². The molecule has 5 nitrogen and oxygen atoms in total. The molecule has 0 radical (unpaired) electrons. The number of carbonyl (C=O) groups excluding carboxylic acids is 1. The zero-order valence-electron chi connectivity index (χ0n) is 12.0. The molecule has 112 valence electrons. The maximum Gasteiger partial charge on any atom is 0.244 e. The van der Waals surface area contributed by atoms with E-state index >= 15 is 0 Å². The van der Waals surface area contributed by atoms with Crippen LogP contribution in [-0.2, 0) is 4.79 Å². The van der Waals surface area contributed by atoms with Gasteiger partial charge < -0.3 is 20.3 Å². The maximum absolute atomic E-state index is 11.8. The number of rotatable bonds is 2. The lowest BCUT2D eigenvalue weighted by molar-refractivity contribution is -0.115. The van der Waals surface area contributed by atoms with Crippen LogP contribution in [0.15, 0.2) is 48.5 Å². The van der Waals surface area contributed by atoms with Crippen LogP contribution in [0.5, 0.6) is 5.75 Å². The van der Waals surface area contributed by atoms with Gasteiger partial charge in [-0.25, -0.2) is 0 Å². The lowest BCUT2D eigenvalue weighted by Crippen LogP contribution is -2.44. The van der Waals surface area contributed by atoms with Crippen molar-refractivity contribution in [2.75, 3.05) is 29.2 Å². The Bertz CT molecular complexity index is 733. The lowest BCUT2D eigenvalue weighted by Gasteiger charge is -2.31. The standard InChI is InChI=1S/C16H15N3O2S/c1-21-12-6-4-5-11(9-12)17-16(22)19-10-15(20)18-13-7-2-3-8-14(13)19/h2-9H,10H2,1H3,(H,17,22)(H,18,20). The minimum atomic E-state index is -0.0894. The average Bonchev–Trinajstić information content (AvgIpc) is 2.54. The van der Waals surface area contributed by atoms with E-state index in [1.807, 2.05) is 48.5 Å². The fourth-order valence-electron chi connectivity index (χ4n) is 2.31. The van der Waals surface area contributed by atoms with Gasteiger partial charge in [0.05, 0.1) is 18.5 Å². The number of methoxy groups -OCH3 is 1. The van der Waals surface area contributed by atoms with E-state index in [1.165, 1.54) is 0 Å². The minimum Gasteiger partial charge on any atom is -0.497 e. The van der Waals surface area contributed by atoms with E-state index < -0.39 is 0 Å². The van der Waals surface area contributed by atoms with Gasteiger partial charge in [0.2, 0.25) is 5.91 Å². The predicted molar refractivity (Wildman–Crippen MR) is 91.6 cm³/mol. The largest absolute Gasteiger partial charge is 0.497 e. The molecule has 0 unspecified atom stereocenters. The van der Waals surface area contributed by atoms with Crippen molar-refractivity contribution in [2.45, 2.75) is 0 Å². The Morgan fingerprint density at radius 2 is 2.09 bits per heavy atom. The van der Waals surface area contributed by atoms with Gasteiger partial charge in [-0.1, -0.05) is 18.2 Å². The number of carbonyl (C=O) groups is 1. The van der Waals surface area contributed by atoms with E-state index in [2.05, 4.69) is 10.6 Å². The number of fused-ring (bicyclic) bond motifs is 1. The smallest absolute Gasteiger partial charge is 0.244 e. The molecule has 0 saturated heterocycles. The number of ether oxygens (including phenoxy) is 1. The van der Waals surface area contributed by atoms with Crippen molar-refractivity contribution < 1.29 is 9.53 Å². The van der Waals surface area contributed by atoms with E-state index in [0.29, 0.717) is 5.11 Å². The van der Waals surface area contributed by atoms with E-state index in [1.54, 1.807) is 12.0 Å². The van der Waals surface area contributed by atoms with Crippen molar-refractivity contribution in [2.24, 2.45) is 0 Å². The second-order valence-corrected chi connectivity index (χ2v) is 5.20. The van der Waals surface area contributed by atoms with E-state index in [0.717, 1.165) is 22.8 Å². The van der Waals surface area contributed by atoms with E-state index in [4.69, 9.17) is 17.0 Å². The summed E-state index contributed by atoms with van der Waals surface area (Å²) in [6, 6.07) is 15.0. The summed E-state index contributed by atoms with van der Waals surface area (Å²) in [7, 11) is 1.61. The maximum atomic E-state index is 11.8. The van der Waals surface area contributed by atoms with Crippen molar-refractivity contribution in [3.05, 3.63) is 48.5 Å². The first kappa shape index (κ1) is 14.3. The van der Waals surface area contributed by atoms with Crippen LogP contribution in [-0.4, -0.2) is 24.7 Å². The summed E-state index contributed by atoms with van der Waals surface area (Å²) in [5, 5.41) is 6.45. The van der Waals surface area contributed by atoms with Crippen molar-refractivity contribution in [3.8, 4) is 5.75 Å². The summed E-state index contributed by atoms with van der Waals surface area (Å²) in [5.74, 6) is 0.651. The average molecular weight is 313 g/mol. The summed E-state index contributed by atoms with van der Waals surface area (Å²) in [4.78, 5) is 13.6. The van der Waals surface area contributed by atoms with Gasteiger partial charge in [0, 0.05) is 11.8 Å². The van der Waals surface area contributed by atoms with Crippen molar-refractivity contribution in [1.82, 2.24) is 0 Å². The Kier molecular flexibility index (Phi) is 3.93. The van der Waals surface area contributed by atoms with Crippen molar-refractivity contribution in [3.63, 3.8) is 0 Å². The zero-order chi connectivity index (χ0) is 15.5. The second-order valence-electron chi connectivity index (χ2n) is 4.81. The Hall–Kier alpha value is -2.60. The number of hydrogen-bond donors (Lipinski definition) is 2. The van der Waals surface area contributed by atoms with Crippen LogP contribution < -0.4 is 20.3 Å². The normalized spacial score (nSPS) is 13.1. The molecule has 0 spiro atoms. The molecule has 1 aliphatic rings. The molecule has 0 aliphatic carbocycles. The van der Waals surface area contributed by atoms with Gasteiger partial charge >= 0.3 is 0 Å².